The van der Waals surface area contributed by atoms with Crippen LogP contribution in [0.4, 0.5) is 5.69 Å². The smallest absolute Gasteiger partial charge is 0.265 e. The summed E-state index contributed by atoms with van der Waals surface area (Å²) in [5.74, 6) is 1.72. The molecule has 0 heterocycles. The van der Waals surface area contributed by atoms with E-state index < -0.39 is 6.10 Å². The number of hydrogen-bond acceptors (Lipinski definition) is 3. The molecule has 1 N–H and O–H groups in total. The third-order valence-electron chi connectivity index (χ3n) is 3.85. The molecule has 24 heavy (non-hydrogen) atoms. The van der Waals surface area contributed by atoms with Crippen molar-refractivity contribution in [3.63, 3.8) is 0 Å². The lowest BCUT2D eigenvalue weighted by molar-refractivity contribution is -0.122. The Kier molecular flexibility index (Phi) is 6.24. The first kappa shape index (κ1) is 17.9. The van der Waals surface area contributed by atoms with Gasteiger partial charge in [-0.2, -0.15) is 0 Å². The molecule has 0 spiro atoms. The molecule has 1 amide bonds. The van der Waals surface area contributed by atoms with E-state index in [2.05, 4.69) is 19.2 Å². The van der Waals surface area contributed by atoms with Crippen molar-refractivity contribution < 1.29 is 14.3 Å². The van der Waals surface area contributed by atoms with Gasteiger partial charge in [0.2, 0.25) is 0 Å². The SMILES string of the molecule is CCC(Oc1ccc(OC)cc1)C(=O)Nc1ccc(C(C)C)cc1. The second kappa shape index (κ2) is 8.39. The van der Waals surface area contributed by atoms with Crippen LogP contribution in [-0.2, 0) is 4.79 Å². The zero-order chi connectivity index (χ0) is 17.5. The molecular formula is C20H25NO3. The summed E-state index contributed by atoms with van der Waals surface area (Å²) in [6, 6.07) is 15.1. The number of benzene rings is 2. The van der Waals surface area contributed by atoms with Gasteiger partial charge in [-0.1, -0.05) is 32.9 Å². The van der Waals surface area contributed by atoms with E-state index in [-0.39, 0.29) is 5.91 Å². The molecule has 2 aromatic rings. The van der Waals surface area contributed by atoms with E-state index in [1.165, 1.54) is 5.56 Å². The van der Waals surface area contributed by atoms with Gasteiger partial charge in [-0.3, -0.25) is 4.79 Å². The number of anilines is 1. The minimum Gasteiger partial charge on any atom is -0.497 e. The average molecular weight is 327 g/mol. The lowest BCUT2D eigenvalue weighted by Crippen LogP contribution is -2.32. The first-order chi connectivity index (χ1) is 11.5. The van der Waals surface area contributed by atoms with E-state index in [0.29, 0.717) is 18.1 Å². The van der Waals surface area contributed by atoms with Crippen LogP contribution in [0.3, 0.4) is 0 Å². The molecule has 0 bridgehead atoms. The molecular weight excluding hydrogens is 302 g/mol. The van der Waals surface area contributed by atoms with Gasteiger partial charge in [0.15, 0.2) is 6.10 Å². The van der Waals surface area contributed by atoms with E-state index >= 15 is 0 Å². The number of nitrogens with one attached hydrogen (secondary N) is 1. The molecule has 4 heteroatoms. The summed E-state index contributed by atoms with van der Waals surface area (Å²) in [6.07, 6.45) is 0.0465. The van der Waals surface area contributed by atoms with E-state index in [0.717, 1.165) is 11.4 Å². The Morgan fingerprint density at radius 2 is 1.58 bits per heavy atom. The molecule has 0 aromatic heterocycles. The van der Waals surface area contributed by atoms with Crippen molar-refractivity contribution in [3.8, 4) is 11.5 Å². The van der Waals surface area contributed by atoms with E-state index in [1.807, 2.05) is 43.3 Å². The van der Waals surface area contributed by atoms with Crippen LogP contribution in [0.5, 0.6) is 11.5 Å². The summed E-state index contributed by atoms with van der Waals surface area (Å²) >= 11 is 0. The highest BCUT2D eigenvalue weighted by Gasteiger charge is 2.18. The normalized spacial score (nSPS) is 11.9. The number of carbonyl (C=O) groups excluding carboxylic acids is 1. The second-order valence-corrected chi connectivity index (χ2v) is 5.96. The summed E-state index contributed by atoms with van der Waals surface area (Å²) < 4.78 is 10.9. The van der Waals surface area contributed by atoms with Crippen LogP contribution < -0.4 is 14.8 Å². The minimum atomic E-state index is -0.539. The summed E-state index contributed by atoms with van der Waals surface area (Å²) in [5.41, 5.74) is 2.02. The Balaban J connectivity index is 1.99. The van der Waals surface area contributed by atoms with Crippen molar-refractivity contribution in [1.82, 2.24) is 0 Å². The fourth-order valence-electron chi connectivity index (χ4n) is 2.31. The average Bonchev–Trinajstić information content (AvgIpc) is 2.60. The van der Waals surface area contributed by atoms with Gasteiger partial charge >= 0.3 is 0 Å². The zero-order valence-electron chi connectivity index (χ0n) is 14.7. The van der Waals surface area contributed by atoms with Crippen molar-refractivity contribution >= 4 is 11.6 Å². The number of methoxy groups -OCH3 is 1. The molecule has 2 aromatic carbocycles. The molecule has 0 aliphatic rings. The van der Waals surface area contributed by atoms with Gasteiger partial charge in [-0.15, -0.1) is 0 Å². The molecule has 0 aliphatic heterocycles. The zero-order valence-corrected chi connectivity index (χ0v) is 14.7. The third kappa shape index (κ3) is 4.75. The molecule has 0 saturated carbocycles. The Labute approximate surface area is 143 Å². The largest absolute Gasteiger partial charge is 0.497 e. The van der Waals surface area contributed by atoms with E-state index in [9.17, 15) is 4.79 Å². The Morgan fingerprint density at radius 3 is 2.08 bits per heavy atom. The molecule has 0 saturated heterocycles. The van der Waals surface area contributed by atoms with Crippen molar-refractivity contribution in [2.45, 2.75) is 39.2 Å². The number of ether oxygens (including phenoxy) is 2. The number of hydrogen-bond donors (Lipinski definition) is 1. The van der Waals surface area contributed by atoms with Crippen molar-refractivity contribution in [3.05, 3.63) is 54.1 Å². The molecule has 0 aliphatic carbocycles. The van der Waals surface area contributed by atoms with Crippen LogP contribution >= 0.6 is 0 Å². The maximum atomic E-state index is 12.4. The quantitative estimate of drug-likeness (QED) is 0.807. The predicted molar refractivity (Wildman–Crippen MR) is 96.9 cm³/mol. The highest BCUT2D eigenvalue weighted by Crippen LogP contribution is 2.20. The molecule has 0 fully saturated rings. The summed E-state index contributed by atoms with van der Waals surface area (Å²) in [4.78, 5) is 12.4. The van der Waals surface area contributed by atoms with Crippen molar-refractivity contribution in [2.75, 3.05) is 12.4 Å². The second-order valence-electron chi connectivity index (χ2n) is 5.96. The first-order valence-electron chi connectivity index (χ1n) is 8.25. The third-order valence-corrected chi connectivity index (χ3v) is 3.85. The van der Waals surface area contributed by atoms with Crippen LogP contribution in [0.15, 0.2) is 48.5 Å². The summed E-state index contributed by atoms with van der Waals surface area (Å²) in [5, 5.41) is 2.91. The van der Waals surface area contributed by atoms with Crippen LogP contribution in [0.25, 0.3) is 0 Å². The summed E-state index contributed by atoms with van der Waals surface area (Å²) in [7, 11) is 1.61. The summed E-state index contributed by atoms with van der Waals surface area (Å²) in [6.45, 7) is 6.21. The minimum absolute atomic E-state index is 0.148. The van der Waals surface area contributed by atoms with Gasteiger partial charge in [0, 0.05) is 5.69 Å². The highest BCUT2D eigenvalue weighted by atomic mass is 16.5. The standard InChI is InChI=1S/C20H25NO3/c1-5-19(24-18-12-10-17(23-4)11-13-18)20(22)21-16-8-6-15(7-9-16)14(2)3/h6-14,19H,5H2,1-4H3,(H,21,22). The van der Waals surface area contributed by atoms with Gasteiger partial charge in [-0.05, 0) is 54.3 Å². The van der Waals surface area contributed by atoms with Gasteiger partial charge < -0.3 is 14.8 Å². The van der Waals surface area contributed by atoms with Crippen molar-refractivity contribution in [1.29, 1.82) is 0 Å². The fourth-order valence-corrected chi connectivity index (χ4v) is 2.31. The molecule has 1 atom stereocenters. The van der Waals surface area contributed by atoms with Gasteiger partial charge in [0.05, 0.1) is 7.11 Å². The fraction of sp³-hybridized carbons (Fsp3) is 0.350. The topological polar surface area (TPSA) is 47.6 Å². The maximum absolute atomic E-state index is 12.4. The van der Waals surface area contributed by atoms with Gasteiger partial charge in [0.1, 0.15) is 11.5 Å². The Bertz CT molecular complexity index is 648. The molecule has 4 nitrogen and oxygen atoms in total. The lowest BCUT2D eigenvalue weighted by Gasteiger charge is -2.18. The van der Waals surface area contributed by atoms with Crippen LogP contribution in [0, 0.1) is 0 Å². The molecule has 1 unspecified atom stereocenters. The molecule has 0 radical (unpaired) electrons. The molecule has 2 rings (SSSR count). The first-order valence-corrected chi connectivity index (χ1v) is 8.25. The van der Waals surface area contributed by atoms with E-state index in [1.54, 1.807) is 19.2 Å². The molecule has 128 valence electrons. The van der Waals surface area contributed by atoms with Crippen LogP contribution in [-0.4, -0.2) is 19.1 Å². The predicted octanol–water partition coefficient (Wildman–Crippen LogP) is 4.61. The maximum Gasteiger partial charge on any atom is 0.265 e. The highest BCUT2D eigenvalue weighted by molar-refractivity contribution is 5.94. The number of amides is 1. The van der Waals surface area contributed by atoms with Gasteiger partial charge in [0.25, 0.3) is 5.91 Å². The van der Waals surface area contributed by atoms with Crippen LogP contribution in [0.1, 0.15) is 38.7 Å². The monoisotopic (exact) mass is 327 g/mol. The van der Waals surface area contributed by atoms with Crippen LogP contribution in [0.2, 0.25) is 0 Å². The Hall–Kier alpha value is -2.49. The van der Waals surface area contributed by atoms with Gasteiger partial charge in [-0.25, -0.2) is 0 Å². The van der Waals surface area contributed by atoms with Crippen molar-refractivity contribution in [2.24, 2.45) is 0 Å². The lowest BCUT2D eigenvalue weighted by atomic mass is 10.0. The Morgan fingerprint density at radius 1 is 1.00 bits per heavy atom. The number of carbonyl (C=O) groups is 1. The number of rotatable bonds is 7. The van der Waals surface area contributed by atoms with E-state index in [4.69, 9.17) is 9.47 Å².